The standard InChI is InChI=1S/C19H21N7O3S/c1-13-8-11-26(25-13)18-6-5-17(23-24-18)20-9-10-21-30(28,29)15-3-4-16-14(12-15)2-7-19(27)22-16/h3-6,8,11-12,21H,2,7,9-10H2,1H3,(H,20,23)(H,22,27). The predicted molar refractivity (Wildman–Crippen MR) is 111 cm³/mol. The minimum atomic E-state index is -3.65. The van der Waals surface area contributed by atoms with Crippen molar-refractivity contribution in [3.63, 3.8) is 0 Å². The number of benzene rings is 1. The predicted octanol–water partition coefficient (Wildman–Crippen LogP) is 1.25. The lowest BCUT2D eigenvalue weighted by molar-refractivity contribution is -0.116. The molecule has 0 fully saturated rings. The van der Waals surface area contributed by atoms with Gasteiger partial charge in [-0.15, -0.1) is 10.2 Å². The zero-order chi connectivity index (χ0) is 21.1. The summed E-state index contributed by atoms with van der Waals surface area (Å²) in [4.78, 5) is 11.6. The van der Waals surface area contributed by atoms with Gasteiger partial charge in [0.1, 0.15) is 5.82 Å². The van der Waals surface area contributed by atoms with Gasteiger partial charge < -0.3 is 10.6 Å². The Balaban J connectivity index is 1.31. The van der Waals surface area contributed by atoms with E-state index in [4.69, 9.17) is 0 Å². The highest BCUT2D eigenvalue weighted by atomic mass is 32.2. The summed E-state index contributed by atoms with van der Waals surface area (Å²) in [7, 11) is -3.65. The number of sulfonamides is 1. The van der Waals surface area contributed by atoms with Crippen molar-refractivity contribution in [2.24, 2.45) is 0 Å². The number of anilines is 2. The van der Waals surface area contributed by atoms with Gasteiger partial charge >= 0.3 is 0 Å². The largest absolute Gasteiger partial charge is 0.367 e. The summed E-state index contributed by atoms with van der Waals surface area (Å²) in [6.07, 6.45) is 2.68. The van der Waals surface area contributed by atoms with Crippen LogP contribution in [0.4, 0.5) is 11.5 Å². The third-order valence-electron chi connectivity index (χ3n) is 4.61. The van der Waals surface area contributed by atoms with Gasteiger partial charge in [-0.3, -0.25) is 4.79 Å². The van der Waals surface area contributed by atoms with E-state index in [0.29, 0.717) is 36.7 Å². The van der Waals surface area contributed by atoms with Crippen LogP contribution < -0.4 is 15.4 Å². The summed E-state index contributed by atoms with van der Waals surface area (Å²) in [5, 5.41) is 18.2. The van der Waals surface area contributed by atoms with Crippen LogP contribution in [0.3, 0.4) is 0 Å². The van der Waals surface area contributed by atoms with Crippen LogP contribution in [0.1, 0.15) is 17.7 Å². The van der Waals surface area contributed by atoms with Crippen LogP contribution in [0.2, 0.25) is 0 Å². The van der Waals surface area contributed by atoms with E-state index in [0.717, 1.165) is 11.3 Å². The highest BCUT2D eigenvalue weighted by Gasteiger charge is 2.19. The molecular weight excluding hydrogens is 406 g/mol. The van der Waals surface area contributed by atoms with Crippen molar-refractivity contribution in [3.8, 4) is 5.82 Å². The van der Waals surface area contributed by atoms with Gasteiger partial charge in [0, 0.05) is 31.4 Å². The average molecular weight is 427 g/mol. The van der Waals surface area contributed by atoms with Gasteiger partial charge in [0.25, 0.3) is 0 Å². The number of hydrogen-bond acceptors (Lipinski definition) is 7. The van der Waals surface area contributed by atoms with Gasteiger partial charge in [-0.05, 0) is 55.3 Å². The molecule has 3 aromatic rings. The second kappa shape index (κ2) is 8.20. The van der Waals surface area contributed by atoms with Crippen LogP contribution in [0.15, 0.2) is 47.5 Å². The molecule has 10 nitrogen and oxygen atoms in total. The van der Waals surface area contributed by atoms with Crippen molar-refractivity contribution < 1.29 is 13.2 Å². The Morgan fingerprint density at radius 1 is 1.10 bits per heavy atom. The SMILES string of the molecule is Cc1ccn(-c2ccc(NCCNS(=O)(=O)c3ccc4c(c3)CCC(=O)N4)nn2)n1. The number of aromatic nitrogens is 4. The molecule has 0 bridgehead atoms. The lowest BCUT2D eigenvalue weighted by atomic mass is 10.0. The number of carbonyl (C=O) groups excluding carboxylic acids is 1. The molecular formula is C19H21N7O3S. The molecule has 1 aliphatic heterocycles. The van der Waals surface area contributed by atoms with Gasteiger partial charge in [-0.25, -0.2) is 17.8 Å². The fraction of sp³-hybridized carbons (Fsp3) is 0.263. The van der Waals surface area contributed by atoms with Crippen LogP contribution in [0, 0.1) is 6.92 Å². The quantitative estimate of drug-likeness (QED) is 0.484. The summed E-state index contributed by atoms with van der Waals surface area (Å²) in [5.41, 5.74) is 2.37. The van der Waals surface area contributed by atoms with Crippen molar-refractivity contribution in [1.82, 2.24) is 24.7 Å². The molecule has 0 saturated carbocycles. The molecule has 156 valence electrons. The van der Waals surface area contributed by atoms with E-state index >= 15 is 0 Å². The van der Waals surface area contributed by atoms with Crippen molar-refractivity contribution in [3.05, 3.63) is 53.9 Å². The summed E-state index contributed by atoms with van der Waals surface area (Å²) in [6, 6.07) is 10.1. The average Bonchev–Trinajstić information content (AvgIpc) is 3.17. The Morgan fingerprint density at radius 2 is 1.97 bits per heavy atom. The van der Waals surface area contributed by atoms with E-state index in [1.165, 1.54) is 6.07 Å². The van der Waals surface area contributed by atoms with Crippen LogP contribution in [0.5, 0.6) is 0 Å². The number of hydrogen-bond donors (Lipinski definition) is 3. The van der Waals surface area contributed by atoms with E-state index < -0.39 is 10.0 Å². The second-order valence-corrected chi connectivity index (χ2v) is 8.64. The van der Waals surface area contributed by atoms with E-state index in [-0.39, 0.29) is 17.3 Å². The monoisotopic (exact) mass is 427 g/mol. The fourth-order valence-electron chi connectivity index (χ4n) is 3.07. The Labute approximate surface area is 173 Å². The third kappa shape index (κ3) is 4.47. The number of rotatable bonds is 7. The first kappa shape index (κ1) is 20.0. The molecule has 1 amide bonds. The highest BCUT2D eigenvalue weighted by molar-refractivity contribution is 7.89. The molecule has 0 aliphatic carbocycles. The molecule has 30 heavy (non-hydrogen) atoms. The van der Waals surface area contributed by atoms with Crippen LogP contribution >= 0.6 is 0 Å². The lowest BCUT2D eigenvalue weighted by Gasteiger charge is -2.17. The second-order valence-electron chi connectivity index (χ2n) is 6.87. The molecule has 0 spiro atoms. The first-order chi connectivity index (χ1) is 14.4. The molecule has 0 saturated heterocycles. The van der Waals surface area contributed by atoms with Crippen molar-refractivity contribution >= 4 is 27.4 Å². The summed E-state index contributed by atoms with van der Waals surface area (Å²) in [6.45, 7) is 2.41. The molecule has 2 aromatic heterocycles. The Kier molecular flexibility index (Phi) is 5.46. The fourth-order valence-corrected chi connectivity index (χ4v) is 4.15. The molecule has 3 heterocycles. The van der Waals surface area contributed by atoms with Crippen molar-refractivity contribution in [2.45, 2.75) is 24.7 Å². The minimum Gasteiger partial charge on any atom is -0.367 e. The normalized spacial score (nSPS) is 13.6. The molecule has 0 radical (unpaired) electrons. The van der Waals surface area contributed by atoms with E-state index in [1.807, 2.05) is 13.0 Å². The summed E-state index contributed by atoms with van der Waals surface area (Å²) < 4.78 is 29.3. The molecule has 1 aliphatic rings. The molecule has 1 aromatic carbocycles. The van der Waals surface area contributed by atoms with Gasteiger partial charge in [0.05, 0.1) is 10.6 Å². The molecule has 3 N–H and O–H groups in total. The Hall–Kier alpha value is -3.31. The molecule has 11 heteroatoms. The van der Waals surface area contributed by atoms with Gasteiger partial charge in [0.15, 0.2) is 5.82 Å². The van der Waals surface area contributed by atoms with Crippen molar-refractivity contribution in [2.75, 3.05) is 23.7 Å². The lowest BCUT2D eigenvalue weighted by Crippen LogP contribution is -2.29. The number of aryl methyl sites for hydroxylation is 2. The van der Waals surface area contributed by atoms with Crippen LogP contribution in [-0.2, 0) is 21.2 Å². The first-order valence-corrected chi connectivity index (χ1v) is 10.9. The summed E-state index contributed by atoms with van der Waals surface area (Å²) in [5.74, 6) is 1.07. The number of fused-ring (bicyclic) bond motifs is 1. The van der Waals surface area contributed by atoms with Gasteiger partial charge in [0.2, 0.25) is 15.9 Å². The number of amides is 1. The third-order valence-corrected chi connectivity index (χ3v) is 6.07. The number of nitrogens with one attached hydrogen (secondary N) is 3. The van der Waals surface area contributed by atoms with E-state index in [2.05, 4.69) is 30.7 Å². The van der Waals surface area contributed by atoms with Crippen molar-refractivity contribution in [1.29, 1.82) is 0 Å². The number of carbonyl (C=O) groups is 1. The topological polar surface area (TPSA) is 131 Å². The molecule has 0 atom stereocenters. The maximum Gasteiger partial charge on any atom is 0.240 e. The molecule has 4 rings (SSSR count). The Bertz CT molecular complexity index is 1170. The maximum atomic E-state index is 12.5. The summed E-state index contributed by atoms with van der Waals surface area (Å²) >= 11 is 0. The molecule has 0 unspecified atom stereocenters. The minimum absolute atomic E-state index is 0.0572. The zero-order valence-corrected chi connectivity index (χ0v) is 17.1. The zero-order valence-electron chi connectivity index (χ0n) is 16.3. The smallest absolute Gasteiger partial charge is 0.240 e. The van der Waals surface area contributed by atoms with Crippen LogP contribution in [-0.4, -0.2) is 47.4 Å². The van der Waals surface area contributed by atoms with Crippen LogP contribution in [0.25, 0.3) is 5.82 Å². The number of nitrogens with zero attached hydrogens (tertiary/aromatic N) is 4. The van der Waals surface area contributed by atoms with E-state index in [1.54, 1.807) is 35.1 Å². The van der Waals surface area contributed by atoms with Gasteiger partial charge in [-0.2, -0.15) is 5.10 Å². The maximum absolute atomic E-state index is 12.5. The van der Waals surface area contributed by atoms with Gasteiger partial charge in [-0.1, -0.05) is 0 Å². The Morgan fingerprint density at radius 3 is 2.70 bits per heavy atom. The first-order valence-electron chi connectivity index (χ1n) is 9.43. The highest BCUT2D eigenvalue weighted by Crippen LogP contribution is 2.25. The van der Waals surface area contributed by atoms with E-state index in [9.17, 15) is 13.2 Å².